The molecule has 0 bridgehead atoms. The van der Waals surface area contributed by atoms with Gasteiger partial charge in [-0.1, -0.05) is 32.1 Å². The zero-order chi connectivity index (χ0) is 13.5. The molecular formula is C15H22N2O2. The van der Waals surface area contributed by atoms with Crippen LogP contribution in [0.5, 0.6) is 0 Å². The Bertz CT molecular complexity index is 414. The molecule has 104 valence electrons. The number of hydrogen-bond donors (Lipinski definition) is 2. The minimum absolute atomic E-state index is 0.0760. The molecule has 1 heterocycles. The number of aliphatic hydroxyl groups is 1. The van der Waals surface area contributed by atoms with Gasteiger partial charge in [-0.3, -0.25) is 9.78 Å². The van der Waals surface area contributed by atoms with Gasteiger partial charge in [0, 0.05) is 18.3 Å². The average Bonchev–Trinajstić information content (AvgIpc) is 2.48. The maximum Gasteiger partial charge on any atom is 0.251 e. The van der Waals surface area contributed by atoms with Gasteiger partial charge in [0.15, 0.2) is 0 Å². The summed E-state index contributed by atoms with van der Waals surface area (Å²) in [5.74, 6) is 0.701. The molecule has 1 fully saturated rings. The second-order valence-electron chi connectivity index (χ2n) is 5.24. The van der Waals surface area contributed by atoms with E-state index in [-0.39, 0.29) is 12.5 Å². The second-order valence-corrected chi connectivity index (χ2v) is 5.24. The fourth-order valence-electron chi connectivity index (χ4n) is 2.67. The topological polar surface area (TPSA) is 62.2 Å². The summed E-state index contributed by atoms with van der Waals surface area (Å²) >= 11 is 0. The van der Waals surface area contributed by atoms with Gasteiger partial charge in [0.05, 0.1) is 12.3 Å². The van der Waals surface area contributed by atoms with Crippen molar-refractivity contribution in [2.45, 2.75) is 45.1 Å². The third kappa shape index (κ3) is 4.31. The van der Waals surface area contributed by atoms with E-state index >= 15 is 0 Å². The fourth-order valence-corrected chi connectivity index (χ4v) is 2.67. The molecule has 19 heavy (non-hydrogen) atoms. The highest BCUT2D eigenvalue weighted by Crippen LogP contribution is 2.25. The van der Waals surface area contributed by atoms with Gasteiger partial charge in [0.25, 0.3) is 5.91 Å². The van der Waals surface area contributed by atoms with Crippen LogP contribution in [0.2, 0.25) is 0 Å². The van der Waals surface area contributed by atoms with Crippen molar-refractivity contribution in [3.63, 3.8) is 0 Å². The summed E-state index contributed by atoms with van der Waals surface area (Å²) in [6.07, 6.45) is 9.28. The molecule has 0 aliphatic heterocycles. The lowest BCUT2D eigenvalue weighted by Crippen LogP contribution is -2.26. The number of nitrogens with zero attached hydrogens (tertiary/aromatic N) is 1. The molecule has 1 aromatic rings. The predicted molar refractivity (Wildman–Crippen MR) is 73.7 cm³/mol. The van der Waals surface area contributed by atoms with Crippen LogP contribution in [-0.2, 0) is 6.61 Å². The molecule has 2 N–H and O–H groups in total. The van der Waals surface area contributed by atoms with Crippen molar-refractivity contribution in [3.05, 3.63) is 29.6 Å². The highest BCUT2D eigenvalue weighted by Gasteiger charge is 2.13. The van der Waals surface area contributed by atoms with Gasteiger partial charge in [-0.2, -0.15) is 0 Å². The number of hydrogen-bond acceptors (Lipinski definition) is 3. The summed E-state index contributed by atoms with van der Waals surface area (Å²) in [4.78, 5) is 15.9. The largest absolute Gasteiger partial charge is 0.390 e. The van der Waals surface area contributed by atoms with Gasteiger partial charge in [-0.05, 0) is 24.5 Å². The Morgan fingerprint density at radius 1 is 1.37 bits per heavy atom. The Balaban J connectivity index is 1.77. The molecule has 1 aliphatic rings. The summed E-state index contributed by atoms with van der Waals surface area (Å²) in [5, 5.41) is 11.9. The number of pyridine rings is 1. The van der Waals surface area contributed by atoms with E-state index in [1.54, 1.807) is 18.3 Å². The minimum Gasteiger partial charge on any atom is -0.390 e. The molecule has 0 aromatic carbocycles. The van der Waals surface area contributed by atoms with Crippen molar-refractivity contribution in [2.75, 3.05) is 6.54 Å². The summed E-state index contributed by atoms with van der Waals surface area (Å²) in [7, 11) is 0. The number of amides is 1. The first kappa shape index (κ1) is 14.0. The van der Waals surface area contributed by atoms with E-state index in [2.05, 4.69) is 10.3 Å². The first-order valence-electron chi connectivity index (χ1n) is 7.13. The average molecular weight is 262 g/mol. The zero-order valence-corrected chi connectivity index (χ0v) is 11.3. The maximum absolute atomic E-state index is 11.9. The van der Waals surface area contributed by atoms with E-state index < -0.39 is 0 Å². The van der Waals surface area contributed by atoms with Crippen LogP contribution in [0, 0.1) is 5.92 Å². The molecule has 0 spiro atoms. The van der Waals surface area contributed by atoms with E-state index in [4.69, 9.17) is 5.11 Å². The third-order valence-electron chi connectivity index (χ3n) is 3.80. The van der Waals surface area contributed by atoms with E-state index in [1.165, 1.54) is 32.1 Å². The van der Waals surface area contributed by atoms with Gasteiger partial charge in [0.2, 0.25) is 0 Å². The lowest BCUT2D eigenvalue weighted by molar-refractivity contribution is 0.0950. The van der Waals surface area contributed by atoms with Crippen LogP contribution in [0.15, 0.2) is 18.3 Å². The van der Waals surface area contributed by atoms with Crippen molar-refractivity contribution in [1.82, 2.24) is 10.3 Å². The number of carbonyl (C=O) groups excluding carboxylic acids is 1. The molecule has 0 radical (unpaired) electrons. The van der Waals surface area contributed by atoms with Crippen LogP contribution < -0.4 is 5.32 Å². The predicted octanol–water partition coefficient (Wildman–Crippen LogP) is 2.27. The highest BCUT2D eigenvalue weighted by atomic mass is 16.3. The normalized spacial score (nSPS) is 16.3. The number of carbonyl (C=O) groups is 1. The molecule has 0 atom stereocenters. The molecule has 1 amide bonds. The van der Waals surface area contributed by atoms with E-state index in [9.17, 15) is 4.79 Å². The van der Waals surface area contributed by atoms with Crippen LogP contribution in [0.1, 0.15) is 54.6 Å². The van der Waals surface area contributed by atoms with Gasteiger partial charge < -0.3 is 10.4 Å². The number of aromatic nitrogens is 1. The van der Waals surface area contributed by atoms with Crippen LogP contribution >= 0.6 is 0 Å². The molecule has 2 rings (SSSR count). The monoisotopic (exact) mass is 262 g/mol. The van der Waals surface area contributed by atoms with Crippen LogP contribution in [0.3, 0.4) is 0 Å². The summed E-state index contributed by atoms with van der Waals surface area (Å²) in [6, 6.07) is 3.31. The Morgan fingerprint density at radius 2 is 2.16 bits per heavy atom. The number of aliphatic hydroxyl groups excluding tert-OH is 1. The van der Waals surface area contributed by atoms with E-state index in [0.717, 1.165) is 18.9 Å². The lowest BCUT2D eigenvalue weighted by Gasteiger charge is -2.21. The van der Waals surface area contributed by atoms with Crippen LogP contribution in [-0.4, -0.2) is 22.5 Å². The Kier molecular flexibility index (Phi) is 5.33. The molecule has 0 saturated heterocycles. The van der Waals surface area contributed by atoms with Crippen molar-refractivity contribution in [3.8, 4) is 0 Å². The van der Waals surface area contributed by atoms with Crippen molar-refractivity contribution >= 4 is 5.91 Å². The fraction of sp³-hybridized carbons (Fsp3) is 0.600. The molecule has 4 nitrogen and oxygen atoms in total. The minimum atomic E-state index is -0.136. The van der Waals surface area contributed by atoms with Crippen LogP contribution in [0.4, 0.5) is 0 Å². The lowest BCUT2D eigenvalue weighted by atomic mass is 9.87. The van der Waals surface area contributed by atoms with Gasteiger partial charge in [0.1, 0.15) is 0 Å². The first-order valence-corrected chi connectivity index (χ1v) is 7.13. The summed E-state index contributed by atoms with van der Waals surface area (Å²) in [6.45, 7) is 0.601. The summed E-state index contributed by atoms with van der Waals surface area (Å²) < 4.78 is 0. The summed E-state index contributed by atoms with van der Waals surface area (Å²) in [5.41, 5.74) is 1.10. The van der Waals surface area contributed by atoms with Crippen molar-refractivity contribution < 1.29 is 9.90 Å². The Morgan fingerprint density at radius 3 is 2.89 bits per heavy atom. The Hall–Kier alpha value is -1.42. The molecule has 4 heteroatoms. The van der Waals surface area contributed by atoms with Gasteiger partial charge in [-0.15, -0.1) is 0 Å². The third-order valence-corrected chi connectivity index (χ3v) is 3.80. The number of nitrogens with one attached hydrogen (secondary N) is 1. The molecular weight excluding hydrogens is 240 g/mol. The van der Waals surface area contributed by atoms with E-state index in [1.807, 2.05) is 0 Å². The molecule has 1 aromatic heterocycles. The quantitative estimate of drug-likeness (QED) is 0.855. The van der Waals surface area contributed by atoms with Gasteiger partial charge >= 0.3 is 0 Å². The molecule has 0 unspecified atom stereocenters. The second kappa shape index (κ2) is 7.24. The van der Waals surface area contributed by atoms with Crippen LogP contribution in [0.25, 0.3) is 0 Å². The standard InChI is InChI=1S/C15H22N2O2/c18-11-14-10-13(7-9-16-14)15(19)17-8-6-12-4-2-1-3-5-12/h7,9-10,12,18H,1-6,8,11H2,(H,17,19). The first-order chi connectivity index (χ1) is 9.29. The highest BCUT2D eigenvalue weighted by molar-refractivity contribution is 5.94. The SMILES string of the molecule is O=C(NCCC1CCCCC1)c1ccnc(CO)c1. The zero-order valence-electron chi connectivity index (χ0n) is 11.3. The smallest absolute Gasteiger partial charge is 0.251 e. The maximum atomic E-state index is 11.9. The van der Waals surface area contributed by atoms with E-state index in [0.29, 0.717) is 11.3 Å². The Labute approximate surface area is 114 Å². The molecule has 1 saturated carbocycles. The number of rotatable bonds is 5. The van der Waals surface area contributed by atoms with Crippen molar-refractivity contribution in [2.24, 2.45) is 5.92 Å². The molecule has 1 aliphatic carbocycles. The van der Waals surface area contributed by atoms with Gasteiger partial charge in [-0.25, -0.2) is 0 Å². The van der Waals surface area contributed by atoms with Crippen molar-refractivity contribution in [1.29, 1.82) is 0 Å².